The van der Waals surface area contributed by atoms with E-state index in [1.54, 1.807) is 0 Å². The summed E-state index contributed by atoms with van der Waals surface area (Å²) >= 11 is 0. The number of rotatable bonds is 3. The van der Waals surface area contributed by atoms with Gasteiger partial charge in [-0.15, -0.1) is 0 Å². The topological polar surface area (TPSA) is 127 Å². The highest BCUT2D eigenvalue weighted by Gasteiger charge is 2.26. The lowest BCUT2D eigenvalue weighted by atomic mass is 10.1. The number of nitrogens with zero attached hydrogens (tertiary/aromatic N) is 1. The van der Waals surface area contributed by atoms with Crippen molar-refractivity contribution in [2.75, 3.05) is 7.11 Å². The van der Waals surface area contributed by atoms with Crippen LogP contribution >= 0.6 is 0 Å². The molecule has 0 aromatic heterocycles. The summed E-state index contributed by atoms with van der Waals surface area (Å²) in [7, 11) is 1.01. The number of phenols is 1. The molecule has 0 unspecified atom stereocenters. The molecule has 0 aliphatic heterocycles. The zero-order valence-electron chi connectivity index (χ0n) is 8.54. The van der Waals surface area contributed by atoms with Gasteiger partial charge in [0.25, 0.3) is 5.69 Å². The van der Waals surface area contributed by atoms with Crippen LogP contribution in [-0.4, -0.2) is 34.2 Å². The molecule has 0 amide bonds. The van der Waals surface area contributed by atoms with Crippen LogP contribution in [0.1, 0.15) is 20.7 Å². The molecule has 0 saturated heterocycles. The fraction of sp³-hybridized carbons (Fsp3) is 0.111. The van der Waals surface area contributed by atoms with E-state index in [1.165, 1.54) is 0 Å². The molecule has 0 spiro atoms. The smallest absolute Gasteiger partial charge is 0.345 e. The first kappa shape index (κ1) is 12.4. The van der Waals surface area contributed by atoms with E-state index in [4.69, 9.17) is 5.11 Å². The maximum absolute atomic E-state index is 11.2. The molecule has 0 radical (unpaired) electrons. The van der Waals surface area contributed by atoms with Crippen molar-refractivity contribution in [2.45, 2.75) is 0 Å². The SMILES string of the molecule is COC(=O)c1cc(O)c(C(=O)O)cc1[N+](=O)[O-]. The fourth-order valence-corrected chi connectivity index (χ4v) is 1.17. The molecule has 1 rings (SSSR count). The van der Waals surface area contributed by atoms with Crippen molar-refractivity contribution in [3.8, 4) is 5.75 Å². The molecule has 1 aromatic rings. The number of nitro groups is 1. The van der Waals surface area contributed by atoms with Crippen LogP contribution in [0.5, 0.6) is 5.75 Å². The summed E-state index contributed by atoms with van der Waals surface area (Å²) in [5, 5.41) is 28.6. The lowest BCUT2D eigenvalue weighted by Crippen LogP contribution is -2.08. The van der Waals surface area contributed by atoms with Crippen molar-refractivity contribution in [3.63, 3.8) is 0 Å². The number of methoxy groups -OCH3 is 1. The molecule has 0 atom stereocenters. The van der Waals surface area contributed by atoms with Crippen molar-refractivity contribution in [2.24, 2.45) is 0 Å². The van der Waals surface area contributed by atoms with Crippen LogP contribution in [-0.2, 0) is 4.74 Å². The molecule has 0 heterocycles. The number of carbonyl (C=O) groups excluding carboxylic acids is 1. The van der Waals surface area contributed by atoms with E-state index in [9.17, 15) is 24.8 Å². The number of carboxylic acids is 1. The minimum atomic E-state index is -1.54. The highest BCUT2D eigenvalue weighted by atomic mass is 16.6. The van der Waals surface area contributed by atoms with Crippen LogP contribution in [0, 0.1) is 10.1 Å². The van der Waals surface area contributed by atoms with Gasteiger partial charge in [0.15, 0.2) is 0 Å². The maximum atomic E-state index is 11.2. The molecule has 90 valence electrons. The normalized spacial score (nSPS) is 9.71. The average molecular weight is 241 g/mol. The van der Waals surface area contributed by atoms with Gasteiger partial charge in [-0.05, 0) is 0 Å². The molecular formula is C9H7NO7. The number of benzene rings is 1. The van der Waals surface area contributed by atoms with E-state index in [0.29, 0.717) is 12.1 Å². The maximum Gasteiger partial charge on any atom is 0.345 e. The van der Waals surface area contributed by atoms with Gasteiger partial charge < -0.3 is 14.9 Å². The van der Waals surface area contributed by atoms with Gasteiger partial charge in [0.05, 0.1) is 12.0 Å². The lowest BCUT2D eigenvalue weighted by Gasteiger charge is -2.04. The van der Waals surface area contributed by atoms with Crippen molar-refractivity contribution >= 4 is 17.6 Å². The molecule has 0 bridgehead atoms. The van der Waals surface area contributed by atoms with Gasteiger partial charge in [-0.25, -0.2) is 9.59 Å². The van der Waals surface area contributed by atoms with Gasteiger partial charge in [0, 0.05) is 12.1 Å². The first-order chi connectivity index (χ1) is 7.88. The monoisotopic (exact) mass is 241 g/mol. The van der Waals surface area contributed by atoms with Gasteiger partial charge in [-0.1, -0.05) is 0 Å². The minimum Gasteiger partial charge on any atom is -0.507 e. The first-order valence-corrected chi connectivity index (χ1v) is 4.21. The van der Waals surface area contributed by atoms with Gasteiger partial charge in [-0.2, -0.15) is 0 Å². The van der Waals surface area contributed by atoms with Crippen molar-refractivity contribution in [1.29, 1.82) is 0 Å². The Labute approximate surface area is 94.2 Å². The number of hydrogen-bond donors (Lipinski definition) is 2. The molecular weight excluding hydrogens is 234 g/mol. The summed E-state index contributed by atoms with van der Waals surface area (Å²) in [5.74, 6) is -3.32. The third-order valence-corrected chi connectivity index (χ3v) is 1.95. The van der Waals surface area contributed by atoms with Crippen molar-refractivity contribution in [3.05, 3.63) is 33.4 Å². The Bertz CT molecular complexity index is 508. The first-order valence-electron chi connectivity index (χ1n) is 4.21. The molecule has 0 saturated carbocycles. The Morgan fingerprint density at radius 1 is 1.35 bits per heavy atom. The number of aromatic hydroxyl groups is 1. The van der Waals surface area contributed by atoms with E-state index >= 15 is 0 Å². The number of hydrogen-bond acceptors (Lipinski definition) is 6. The number of esters is 1. The highest BCUT2D eigenvalue weighted by Crippen LogP contribution is 2.28. The summed E-state index contributed by atoms with van der Waals surface area (Å²) < 4.78 is 4.28. The quantitative estimate of drug-likeness (QED) is 0.454. The van der Waals surface area contributed by atoms with E-state index in [1.807, 2.05) is 0 Å². The summed E-state index contributed by atoms with van der Waals surface area (Å²) in [6.07, 6.45) is 0. The number of ether oxygens (including phenoxy) is 1. The number of aromatic carboxylic acids is 1. The molecule has 0 aliphatic rings. The predicted molar refractivity (Wildman–Crippen MR) is 53.1 cm³/mol. The van der Waals surface area contributed by atoms with Crippen LogP contribution in [0.3, 0.4) is 0 Å². The van der Waals surface area contributed by atoms with Crippen molar-refractivity contribution in [1.82, 2.24) is 0 Å². The van der Waals surface area contributed by atoms with Gasteiger partial charge in [-0.3, -0.25) is 10.1 Å². The van der Waals surface area contributed by atoms with Gasteiger partial charge in [0.2, 0.25) is 0 Å². The summed E-state index contributed by atoms with van der Waals surface area (Å²) in [4.78, 5) is 31.6. The van der Waals surface area contributed by atoms with Gasteiger partial charge in [0.1, 0.15) is 16.9 Å². The number of carboxylic acid groups (broad SMARTS) is 1. The molecule has 1 aromatic carbocycles. The molecule has 0 fully saturated rings. The van der Waals surface area contributed by atoms with Crippen LogP contribution in [0.2, 0.25) is 0 Å². The van der Waals surface area contributed by atoms with Gasteiger partial charge >= 0.3 is 11.9 Å². The van der Waals surface area contributed by atoms with E-state index in [0.717, 1.165) is 7.11 Å². The predicted octanol–water partition coefficient (Wildman–Crippen LogP) is 0.785. The summed E-state index contributed by atoms with van der Waals surface area (Å²) in [5.41, 5.74) is -1.92. The minimum absolute atomic E-state index is 0.514. The van der Waals surface area contributed by atoms with Crippen LogP contribution in [0.4, 0.5) is 5.69 Å². The zero-order chi connectivity index (χ0) is 13.2. The van der Waals surface area contributed by atoms with Crippen LogP contribution in [0.25, 0.3) is 0 Å². The third kappa shape index (κ3) is 2.30. The Morgan fingerprint density at radius 2 is 1.94 bits per heavy atom. The Kier molecular flexibility index (Phi) is 3.27. The van der Waals surface area contributed by atoms with E-state index in [-0.39, 0.29) is 0 Å². The Hall–Kier alpha value is -2.64. The van der Waals surface area contributed by atoms with Crippen molar-refractivity contribution < 1.29 is 29.5 Å². The lowest BCUT2D eigenvalue weighted by molar-refractivity contribution is -0.385. The Balaban J connectivity index is 3.52. The summed E-state index contributed by atoms with van der Waals surface area (Å²) in [6.45, 7) is 0. The molecule has 8 heteroatoms. The molecule has 17 heavy (non-hydrogen) atoms. The second kappa shape index (κ2) is 4.47. The molecule has 0 aliphatic carbocycles. The van der Waals surface area contributed by atoms with E-state index in [2.05, 4.69) is 4.74 Å². The fourth-order valence-electron chi connectivity index (χ4n) is 1.17. The number of carbonyl (C=O) groups is 2. The Morgan fingerprint density at radius 3 is 2.35 bits per heavy atom. The average Bonchev–Trinajstić information content (AvgIpc) is 2.26. The standard InChI is InChI=1S/C9H7NO7/c1-17-9(14)4-3-7(11)5(8(12)13)2-6(4)10(15)16/h2-3,11H,1H3,(H,12,13). The summed E-state index contributed by atoms with van der Waals surface area (Å²) in [6, 6.07) is 1.29. The molecule has 2 N–H and O–H groups in total. The third-order valence-electron chi connectivity index (χ3n) is 1.95. The van der Waals surface area contributed by atoms with Crippen LogP contribution < -0.4 is 0 Å². The highest BCUT2D eigenvalue weighted by molar-refractivity contribution is 5.98. The van der Waals surface area contributed by atoms with E-state index < -0.39 is 39.4 Å². The molecule has 8 nitrogen and oxygen atoms in total. The largest absolute Gasteiger partial charge is 0.507 e. The number of nitro benzene ring substituents is 1. The van der Waals surface area contributed by atoms with Crippen LogP contribution in [0.15, 0.2) is 12.1 Å². The zero-order valence-corrected chi connectivity index (χ0v) is 8.54. The second-order valence-electron chi connectivity index (χ2n) is 2.94. The second-order valence-corrected chi connectivity index (χ2v) is 2.94.